The van der Waals surface area contributed by atoms with Gasteiger partial charge in [-0.3, -0.25) is 9.78 Å². The highest BCUT2D eigenvalue weighted by atomic mass is 16.4. The minimum atomic E-state index is -0.493. The number of hydrogen-bond acceptors (Lipinski definition) is 4. The Morgan fingerprint density at radius 1 is 1.21 bits per heavy atom. The SMILES string of the molecule is O=C(Nc1ccc2oc(=O)[nH]c2c1)[C@H]1CCn2c(cnc2C2CCCCC2)C1. The average molecular weight is 380 g/mol. The lowest BCUT2D eigenvalue weighted by atomic mass is 9.88. The van der Waals surface area contributed by atoms with Gasteiger partial charge in [0, 0.05) is 42.4 Å². The first-order chi connectivity index (χ1) is 13.7. The Morgan fingerprint density at radius 3 is 2.93 bits per heavy atom. The topological polar surface area (TPSA) is 92.9 Å². The molecule has 1 aliphatic heterocycles. The molecule has 5 rings (SSSR count). The highest BCUT2D eigenvalue weighted by Gasteiger charge is 2.29. The molecule has 1 amide bonds. The van der Waals surface area contributed by atoms with Gasteiger partial charge in [0.2, 0.25) is 5.91 Å². The Morgan fingerprint density at radius 2 is 2.07 bits per heavy atom. The van der Waals surface area contributed by atoms with E-state index < -0.39 is 5.76 Å². The van der Waals surface area contributed by atoms with Crippen LogP contribution in [0, 0.1) is 5.92 Å². The van der Waals surface area contributed by atoms with Crippen molar-refractivity contribution >= 4 is 22.7 Å². The maximum atomic E-state index is 12.8. The Labute approximate surface area is 162 Å². The van der Waals surface area contributed by atoms with Crippen molar-refractivity contribution in [2.75, 3.05) is 5.32 Å². The van der Waals surface area contributed by atoms with Crippen LogP contribution in [0.3, 0.4) is 0 Å². The summed E-state index contributed by atoms with van der Waals surface area (Å²) < 4.78 is 7.35. The van der Waals surface area contributed by atoms with Gasteiger partial charge in [-0.25, -0.2) is 9.78 Å². The molecule has 0 unspecified atom stereocenters. The zero-order valence-corrected chi connectivity index (χ0v) is 15.7. The molecule has 3 aromatic rings. The van der Waals surface area contributed by atoms with Gasteiger partial charge in [0.05, 0.1) is 5.52 Å². The van der Waals surface area contributed by atoms with E-state index >= 15 is 0 Å². The quantitative estimate of drug-likeness (QED) is 0.726. The van der Waals surface area contributed by atoms with Crippen molar-refractivity contribution in [2.45, 2.75) is 57.4 Å². The molecule has 28 heavy (non-hydrogen) atoms. The molecule has 0 spiro atoms. The molecule has 1 aromatic carbocycles. The summed E-state index contributed by atoms with van der Waals surface area (Å²) in [6.45, 7) is 0.855. The van der Waals surface area contributed by atoms with E-state index in [0.29, 0.717) is 22.7 Å². The molecule has 2 aliphatic rings. The van der Waals surface area contributed by atoms with Gasteiger partial charge in [-0.1, -0.05) is 19.3 Å². The van der Waals surface area contributed by atoms with Gasteiger partial charge in [0.25, 0.3) is 0 Å². The molecule has 2 N–H and O–H groups in total. The third-order valence-corrected chi connectivity index (χ3v) is 6.15. The number of nitrogens with one attached hydrogen (secondary N) is 2. The second-order valence-electron chi connectivity index (χ2n) is 8.00. The third-order valence-electron chi connectivity index (χ3n) is 6.15. The van der Waals surface area contributed by atoms with E-state index in [4.69, 9.17) is 9.40 Å². The Balaban J connectivity index is 1.29. The second-order valence-corrected chi connectivity index (χ2v) is 8.00. The molecule has 0 saturated heterocycles. The van der Waals surface area contributed by atoms with E-state index in [2.05, 4.69) is 14.9 Å². The molecule has 1 aliphatic carbocycles. The lowest BCUT2D eigenvalue weighted by Gasteiger charge is -2.27. The van der Waals surface area contributed by atoms with Crippen LogP contribution in [0.5, 0.6) is 0 Å². The fraction of sp³-hybridized carbons (Fsp3) is 0.476. The fourth-order valence-electron chi connectivity index (χ4n) is 4.67. The van der Waals surface area contributed by atoms with Gasteiger partial charge in [-0.15, -0.1) is 0 Å². The number of rotatable bonds is 3. The minimum absolute atomic E-state index is 0.0110. The summed E-state index contributed by atoms with van der Waals surface area (Å²) in [4.78, 5) is 31.4. The number of hydrogen-bond donors (Lipinski definition) is 2. The Bertz CT molecular complexity index is 1070. The van der Waals surface area contributed by atoms with E-state index in [-0.39, 0.29) is 11.8 Å². The summed E-state index contributed by atoms with van der Waals surface area (Å²) in [5, 5.41) is 2.98. The first-order valence-corrected chi connectivity index (χ1v) is 10.2. The van der Waals surface area contributed by atoms with Crippen LogP contribution in [0.15, 0.2) is 33.6 Å². The summed E-state index contributed by atoms with van der Waals surface area (Å²) in [7, 11) is 0. The number of fused-ring (bicyclic) bond motifs is 2. The number of oxazole rings is 1. The predicted molar refractivity (Wildman–Crippen MR) is 105 cm³/mol. The number of anilines is 1. The van der Waals surface area contributed by atoms with Crippen LogP contribution in [-0.2, 0) is 17.8 Å². The van der Waals surface area contributed by atoms with Crippen molar-refractivity contribution in [1.82, 2.24) is 14.5 Å². The van der Waals surface area contributed by atoms with Crippen LogP contribution in [0.4, 0.5) is 5.69 Å². The van der Waals surface area contributed by atoms with E-state index in [1.165, 1.54) is 43.6 Å². The van der Waals surface area contributed by atoms with Gasteiger partial charge in [-0.2, -0.15) is 0 Å². The maximum absolute atomic E-state index is 12.8. The lowest BCUT2D eigenvalue weighted by Crippen LogP contribution is -2.31. The number of carbonyl (C=O) groups excluding carboxylic acids is 1. The molecule has 7 nitrogen and oxygen atoms in total. The smallest absolute Gasteiger partial charge is 0.408 e. The van der Waals surface area contributed by atoms with Gasteiger partial charge in [0.1, 0.15) is 5.82 Å². The van der Waals surface area contributed by atoms with E-state index in [1.54, 1.807) is 18.2 Å². The molecule has 0 bridgehead atoms. The number of aromatic nitrogens is 3. The first kappa shape index (κ1) is 17.3. The van der Waals surface area contributed by atoms with E-state index in [0.717, 1.165) is 19.4 Å². The molecule has 7 heteroatoms. The highest BCUT2D eigenvalue weighted by Crippen LogP contribution is 2.34. The molecule has 1 fully saturated rings. The van der Waals surface area contributed by atoms with Gasteiger partial charge >= 0.3 is 5.76 Å². The molecule has 1 atom stereocenters. The van der Waals surface area contributed by atoms with Crippen molar-refractivity contribution in [3.8, 4) is 0 Å². The number of aromatic amines is 1. The molecular weight excluding hydrogens is 356 g/mol. The van der Waals surface area contributed by atoms with Crippen molar-refractivity contribution in [1.29, 1.82) is 0 Å². The largest absolute Gasteiger partial charge is 0.417 e. The molecule has 146 valence electrons. The Kier molecular flexibility index (Phi) is 4.30. The number of carbonyl (C=O) groups is 1. The fourth-order valence-corrected chi connectivity index (χ4v) is 4.67. The van der Waals surface area contributed by atoms with Gasteiger partial charge in [-0.05, 0) is 37.5 Å². The van der Waals surface area contributed by atoms with Crippen LogP contribution in [-0.4, -0.2) is 20.4 Å². The number of imidazole rings is 1. The number of amides is 1. The zero-order valence-electron chi connectivity index (χ0n) is 15.7. The lowest BCUT2D eigenvalue weighted by molar-refractivity contribution is -0.120. The van der Waals surface area contributed by atoms with Crippen LogP contribution < -0.4 is 11.1 Å². The van der Waals surface area contributed by atoms with Crippen molar-refractivity contribution in [3.63, 3.8) is 0 Å². The molecule has 0 radical (unpaired) electrons. The van der Waals surface area contributed by atoms with Crippen molar-refractivity contribution in [3.05, 3.63) is 46.5 Å². The van der Waals surface area contributed by atoms with Crippen LogP contribution in [0.1, 0.15) is 56.0 Å². The van der Waals surface area contributed by atoms with E-state index in [9.17, 15) is 9.59 Å². The molecule has 2 aromatic heterocycles. The van der Waals surface area contributed by atoms with Crippen LogP contribution in [0.2, 0.25) is 0 Å². The molecular formula is C21H24N4O3. The second kappa shape index (κ2) is 6.96. The molecule has 1 saturated carbocycles. The highest BCUT2D eigenvalue weighted by molar-refractivity contribution is 5.94. The number of nitrogens with zero attached hydrogens (tertiary/aromatic N) is 2. The number of H-pyrrole nitrogens is 1. The summed E-state index contributed by atoms with van der Waals surface area (Å²) in [5.74, 6) is 1.26. The third kappa shape index (κ3) is 3.15. The van der Waals surface area contributed by atoms with Crippen LogP contribution in [0.25, 0.3) is 11.1 Å². The summed E-state index contributed by atoms with van der Waals surface area (Å²) in [6.07, 6.45) is 9.90. The first-order valence-electron chi connectivity index (χ1n) is 10.2. The number of benzene rings is 1. The van der Waals surface area contributed by atoms with Gasteiger partial charge in [0.15, 0.2) is 5.58 Å². The summed E-state index contributed by atoms with van der Waals surface area (Å²) >= 11 is 0. The Hall–Kier alpha value is -2.83. The van der Waals surface area contributed by atoms with E-state index in [1.807, 2.05) is 6.20 Å². The minimum Gasteiger partial charge on any atom is -0.408 e. The summed E-state index contributed by atoms with van der Waals surface area (Å²) in [5.41, 5.74) is 2.90. The maximum Gasteiger partial charge on any atom is 0.417 e. The van der Waals surface area contributed by atoms with Gasteiger partial charge < -0.3 is 14.3 Å². The molecule has 3 heterocycles. The predicted octanol–water partition coefficient (Wildman–Crippen LogP) is 3.57. The standard InChI is InChI=1S/C21H24N4O3/c26-20(23-15-6-7-18-17(11-15)24-21(27)28-18)14-8-9-25-16(10-14)12-22-19(25)13-4-2-1-3-5-13/h6-7,11-14H,1-5,8-10H2,(H,23,26)(H,24,27)/t14-/m0/s1. The summed E-state index contributed by atoms with van der Waals surface area (Å²) in [6, 6.07) is 5.17. The average Bonchev–Trinajstić information content (AvgIpc) is 3.30. The zero-order chi connectivity index (χ0) is 19.1. The van der Waals surface area contributed by atoms with Crippen molar-refractivity contribution < 1.29 is 9.21 Å². The van der Waals surface area contributed by atoms with Crippen LogP contribution >= 0.6 is 0 Å². The monoisotopic (exact) mass is 380 g/mol. The normalized spacial score (nSPS) is 20.2. The van der Waals surface area contributed by atoms with Crippen molar-refractivity contribution in [2.24, 2.45) is 5.92 Å².